The topological polar surface area (TPSA) is 112 Å². The molecule has 17 heavy (non-hydrogen) atoms. The summed E-state index contributed by atoms with van der Waals surface area (Å²) in [7, 11) is 1.60. The number of rotatable bonds is 4. The van der Waals surface area contributed by atoms with Crippen molar-refractivity contribution in [2.45, 2.75) is 6.42 Å². The van der Waals surface area contributed by atoms with Gasteiger partial charge in [-0.1, -0.05) is 5.16 Å². The number of amides is 1. The van der Waals surface area contributed by atoms with Crippen molar-refractivity contribution in [3.63, 3.8) is 0 Å². The molecule has 0 aliphatic heterocycles. The Kier molecular flexibility index (Phi) is 4.27. The number of pyridine rings is 1. The Labute approximate surface area is 97.5 Å². The van der Waals surface area contributed by atoms with Crippen LogP contribution in [0.3, 0.4) is 0 Å². The zero-order valence-electron chi connectivity index (χ0n) is 9.38. The Morgan fingerprint density at radius 2 is 2.29 bits per heavy atom. The molecule has 0 fully saturated rings. The first-order chi connectivity index (χ1) is 8.04. The second kappa shape index (κ2) is 5.69. The fourth-order valence-corrected chi connectivity index (χ4v) is 1.20. The van der Waals surface area contributed by atoms with Gasteiger partial charge >= 0.3 is 0 Å². The first-order valence-electron chi connectivity index (χ1n) is 4.95. The Morgan fingerprint density at radius 1 is 1.59 bits per heavy atom. The van der Waals surface area contributed by atoms with Crippen molar-refractivity contribution in [1.29, 1.82) is 0 Å². The van der Waals surface area contributed by atoms with E-state index in [2.05, 4.69) is 10.1 Å². The molecule has 0 atom stereocenters. The number of nitrogens with one attached hydrogen (secondary N) is 1. The molecule has 0 radical (unpaired) electrons. The van der Waals surface area contributed by atoms with Gasteiger partial charge in [-0.15, -0.1) is 0 Å². The lowest BCUT2D eigenvalue weighted by Crippen LogP contribution is -2.30. The maximum Gasteiger partial charge on any atom is 0.255 e. The fraction of sp³-hybridized carbons (Fsp3) is 0.300. The van der Waals surface area contributed by atoms with E-state index in [4.69, 9.17) is 10.9 Å². The van der Waals surface area contributed by atoms with Crippen molar-refractivity contribution in [2.75, 3.05) is 13.6 Å². The van der Waals surface area contributed by atoms with Crippen LogP contribution in [0.15, 0.2) is 28.3 Å². The Hall–Kier alpha value is -2.31. The summed E-state index contributed by atoms with van der Waals surface area (Å²) in [4.78, 5) is 26.5. The quantitative estimate of drug-likeness (QED) is 0.286. The van der Waals surface area contributed by atoms with Crippen LogP contribution in [0, 0.1) is 0 Å². The molecule has 4 N–H and O–H groups in total. The minimum atomic E-state index is -0.263. The number of nitrogens with zero attached hydrogens (tertiary/aromatic N) is 2. The van der Waals surface area contributed by atoms with Crippen molar-refractivity contribution in [3.05, 3.63) is 34.2 Å². The summed E-state index contributed by atoms with van der Waals surface area (Å²) < 4.78 is 0. The number of carbonyl (C=O) groups excluding carboxylic acids is 1. The smallest absolute Gasteiger partial charge is 0.255 e. The zero-order valence-corrected chi connectivity index (χ0v) is 9.38. The number of carbonyl (C=O) groups is 1. The molecule has 0 aliphatic carbocycles. The summed E-state index contributed by atoms with van der Waals surface area (Å²) in [5.74, 6) is -0.182. The normalized spacial score (nSPS) is 11.2. The van der Waals surface area contributed by atoms with E-state index in [-0.39, 0.29) is 23.7 Å². The SMILES string of the molecule is CN(CC/C(N)=N/O)C(=O)c1ccc(=O)[nH]c1. The molecule has 1 aromatic rings. The van der Waals surface area contributed by atoms with Crippen LogP contribution in [0.4, 0.5) is 0 Å². The van der Waals surface area contributed by atoms with Gasteiger partial charge < -0.3 is 20.8 Å². The third-order valence-corrected chi connectivity index (χ3v) is 2.21. The van der Waals surface area contributed by atoms with Gasteiger partial charge in [0.2, 0.25) is 5.56 Å². The molecule has 1 rings (SSSR count). The Morgan fingerprint density at radius 3 is 2.82 bits per heavy atom. The third kappa shape index (κ3) is 3.63. The van der Waals surface area contributed by atoms with Crippen molar-refractivity contribution in [2.24, 2.45) is 10.9 Å². The highest BCUT2D eigenvalue weighted by molar-refractivity contribution is 5.94. The number of hydrogen-bond acceptors (Lipinski definition) is 4. The lowest BCUT2D eigenvalue weighted by molar-refractivity contribution is 0.0798. The van der Waals surface area contributed by atoms with Crippen LogP contribution in [0.5, 0.6) is 0 Å². The number of oxime groups is 1. The van der Waals surface area contributed by atoms with Gasteiger partial charge in [0.1, 0.15) is 5.84 Å². The van der Waals surface area contributed by atoms with Crippen LogP contribution in [-0.4, -0.2) is 40.4 Å². The zero-order chi connectivity index (χ0) is 12.8. The molecular formula is C10H14N4O3. The standard InChI is InChI=1S/C10H14N4O3/c1-14(5-4-8(11)13-17)10(16)7-2-3-9(15)12-6-7/h2-3,6,17H,4-5H2,1H3,(H2,11,13)(H,12,15). The highest BCUT2D eigenvalue weighted by Crippen LogP contribution is 2.00. The van der Waals surface area contributed by atoms with Gasteiger partial charge in [-0.3, -0.25) is 9.59 Å². The van der Waals surface area contributed by atoms with Gasteiger partial charge in [-0.2, -0.15) is 0 Å². The molecule has 0 aliphatic rings. The first kappa shape index (κ1) is 12.8. The second-order valence-corrected chi connectivity index (χ2v) is 3.51. The molecule has 1 aromatic heterocycles. The van der Waals surface area contributed by atoms with Crippen LogP contribution in [0.1, 0.15) is 16.8 Å². The van der Waals surface area contributed by atoms with E-state index >= 15 is 0 Å². The molecule has 0 saturated heterocycles. The molecule has 7 heteroatoms. The van der Waals surface area contributed by atoms with Gasteiger partial charge in [-0.25, -0.2) is 0 Å². The highest BCUT2D eigenvalue weighted by atomic mass is 16.4. The summed E-state index contributed by atoms with van der Waals surface area (Å²) in [6, 6.07) is 2.73. The number of nitrogens with two attached hydrogens (primary N) is 1. The van der Waals surface area contributed by atoms with E-state index in [0.29, 0.717) is 12.1 Å². The van der Waals surface area contributed by atoms with Crippen LogP contribution < -0.4 is 11.3 Å². The summed E-state index contributed by atoms with van der Waals surface area (Å²) in [5, 5.41) is 11.2. The van der Waals surface area contributed by atoms with E-state index in [1.54, 1.807) is 7.05 Å². The number of hydrogen-bond donors (Lipinski definition) is 3. The molecule has 92 valence electrons. The average Bonchev–Trinajstić information content (AvgIpc) is 2.35. The van der Waals surface area contributed by atoms with E-state index in [1.807, 2.05) is 0 Å². The molecule has 0 bridgehead atoms. The van der Waals surface area contributed by atoms with Gasteiger partial charge in [-0.05, 0) is 6.07 Å². The van der Waals surface area contributed by atoms with Crippen LogP contribution >= 0.6 is 0 Å². The third-order valence-electron chi connectivity index (χ3n) is 2.21. The number of amidine groups is 1. The Bertz CT molecular complexity index is 460. The van der Waals surface area contributed by atoms with Gasteiger partial charge in [0, 0.05) is 32.3 Å². The number of H-pyrrole nitrogens is 1. The second-order valence-electron chi connectivity index (χ2n) is 3.51. The van der Waals surface area contributed by atoms with E-state index in [9.17, 15) is 9.59 Å². The monoisotopic (exact) mass is 238 g/mol. The number of aromatic amines is 1. The van der Waals surface area contributed by atoms with E-state index < -0.39 is 0 Å². The molecule has 1 heterocycles. The fourth-order valence-electron chi connectivity index (χ4n) is 1.20. The van der Waals surface area contributed by atoms with Crippen molar-refractivity contribution < 1.29 is 10.0 Å². The van der Waals surface area contributed by atoms with Crippen molar-refractivity contribution in [3.8, 4) is 0 Å². The maximum atomic E-state index is 11.8. The molecule has 0 aromatic carbocycles. The molecule has 0 saturated carbocycles. The van der Waals surface area contributed by atoms with Crippen molar-refractivity contribution in [1.82, 2.24) is 9.88 Å². The van der Waals surface area contributed by atoms with Crippen LogP contribution in [-0.2, 0) is 0 Å². The molecule has 0 spiro atoms. The van der Waals surface area contributed by atoms with Gasteiger partial charge in [0.15, 0.2) is 0 Å². The molecule has 1 amide bonds. The Balaban J connectivity index is 2.63. The minimum Gasteiger partial charge on any atom is -0.409 e. The lowest BCUT2D eigenvalue weighted by Gasteiger charge is -2.16. The predicted molar refractivity (Wildman–Crippen MR) is 62.0 cm³/mol. The van der Waals surface area contributed by atoms with Crippen molar-refractivity contribution >= 4 is 11.7 Å². The van der Waals surface area contributed by atoms with Crippen LogP contribution in [0.2, 0.25) is 0 Å². The predicted octanol–water partition coefficient (Wildman–Crippen LogP) is -0.417. The summed E-state index contributed by atoms with van der Waals surface area (Å²) in [5.41, 5.74) is 5.41. The summed E-state index contributed by atoms with van der Waals surface area (Å²) >= 11 is 0. The number of aromatic nitrogens is 1. The van der Waals surface area contributed by atoms with E-state index in [0.717, 1.165) is 0 Å². The first-order valence-corrected chi connectivity index (χ1v) is 4.95. The largest absolute Gasteiger partial charge is 0.409 e. The lowest BCUT2D eigenvalue weighted by atomic mass is 10.2. The highest BCUT2D eigenvalue weighted by Gasteiger charge is 2.11. The molecule has 0 unspecified atom stereocenters. The summed E-state index contributed by atoms with van der Waals surface area (Å²) in [6.45, 7) is 0.327. The maximum absolute atomic E-state index is 11.8. The minimum absolute atomic E-state index is 0.0612. The molecule has 7 nitrogen and oxygen atoms in total. The average molecular weight is 238 g/mol. The summed E-state index contributed by atoms with van der Waals surface area (Å²) in [6.07, 6.45) is 1.63. The van der Waals surface area contributed by atoms with E-state index in [1.165, 1.54) is 23.2 Å². The van der Waals surface area contributed by atoms with Gasteiger partial charge in [0.25, 0.3) is 5.91 Å². The molecular weight excluding hydrogens is 224 g/mol. The van der Waals surface area contributed by atoms with Crippen LogP contribution in [0.25, 0.3) is 0 Å². The van der Waals surface area contributed by atoms with Gasteiger partial charge in [0.05, 0.1) is 5.56 Å².